The number of rotatable bonds is 4. The summed E-state index contributed by atoms with van der Waals surface area (Å²) in [5, 5.41) is 4.16. The van der Waals surface area contributed by atoms with Crippen LogP contribution in [-0.4, -0.2) is 58.1 Å². The first-order valence-electron chi connectivity index (χ1n) is 34.7. The Bertz CT molecular complexity index is 3600. The molecule has 520 valence electrons. The van der Waals surface area contributed by atoms with Crippen LogP contribution in [0.2, 0.25) is 0 Å². The maximum Gasteiger partial charge on any atom is 0.306 e. The van der Waals surface area contributed by atoms with Gasteiger partial charge in [-0.05, 0) is 162 Å². The van der Waals surface area contributed by atoms with E-state index in [9.17, 15) is 0 Å². The third-order valence-electron chi connectivity index (χ3n) is 13.7. The second-order valence-corrected chi connectivity index (χ2v) is 18.7. The molecule has 0 unspecified atom stereocenters. The lowest BCUT2D eigenvalue weighted by Crippen LogP contribution is -2.37. The van der Waals surface area contributed by atoms with Crippen molar-refractivity contribution in [3.8, 4) is 22.7 Å². The van der Waals surface area contributed by atoms with Crippen LogP contribution >= 0.6 is 0 Å². The predicted molar refractivity (Wildman–Crippen MR) is 402 cm³/mol. The average Bonchev–Trinajstić information content (AvgIpc) is 1.71. The first-order valence-corrected chi connectivity index (χ1v) is 34.7. The van der Waals surface area contributed by atoms with Crippen LogP contribution in [0.25, 0.3) is 49.9 Å². The van der Waals surface area contributed by atoms with Gasteiger partial charge in [-0.25, -0.2) is 0 Å². The molecule has 0 N–H and O–H groups in total. The Morgan fingerprint density at radius 3 is 1.13 bits per heavy atom. The summed E-state index contributed by atoms with van der Waals surface area (Å²) in [5.41, 5.74) is 18.5. The molecule has 0 bridgehead atoms. The molecule has 0 aliphatic heterocycles. The SMILES string of the molecule is CC.CC.CC.CC.CC.CC.CC.CC.CC.CC.Cc1c(C)c(C)c2c(c1C)c1cccc(C)c1n1c2cc[n+]1C.Cc1ccccc1-n1cnc[n+]1C.Cc1ccncc1-n1cnc[n+]1C.Cc1cnccc1-n1cnc[n+]1C.Cc1ncccc1-n1cnc[n+]1C. The van der Waals surface area contributed by atoms with E-state index in [0.717, 1.165) is 28.3 Å². The summed E-state index contributed by atoms with van der Waals surface area (Å²) in [6, 6.07) is 25.0. The first-order chi connectivity index (χ1) is 46.1. The minimum absolute atomic E-state index is 0.996. The van der Waals surface area contributed by atoms with Crippen molar-refractivity contribution in [2.45, 2.75) is 201 Å². The van der Waals surface area contributed by atoms with E-state index in [4.69, 9.17) is 0 Å². The smallest absolute Gasteiger partial charge is 0.264 e. The number of hydrogen-bond acceptors (Lipinski definition) is 7. The van der Waals surface area contributed by atoms with Crippen molar-refractivity contribution in [3.05, 3.63) is 211 Å². The first kappa shape index (κ1) is 90.1. The van der Waals surface area contributed by atoms with Crippen molar-refractivity contribution < 1.29 is 23.4 Å². The molecule has 0 aliphatic rings. The zero-order valence-corrected chi connectivity index (χ0v) is 65.6. The van der Waals surface area contributed by atoms with Gasteiger partial charge in [0.1, 0.15) is 50.6 Å². The van der Waals surface area contributed by atoms with Crippen LogP contribution in [0, 0.1) is 62.3 Å². The number of para-hydroxylation sites is 2. The molecule has 0 amide bonds. The standard InChI is InChI=1S/C21H23N2.C10H12N3.3C9H11N4.10C2H6/c1-12-8-7-9-17-19-15(4)13(2)14(3)16(5)20(19)18-10-11-22(6)23(18)21(12)17;1-9-5-3-4-6-10(9)13-8-11-7-12(13)2;1-8-5-10-4-3-9(8)13-7-11-6-12(13)2;1-8-3-4-10-5-9(8)13-7-11-6-12(13)2;1-8-9(4-3-5-11-8)13-7-10-6-12(13)2;10*1-2/h7-11H,1-6H3;3-8H,1-2H3;3*3-7H,1-2H3;10*1-2H3/q5*+1;;;;;;;;;;. The molecule has 0 saturated carbocycles. The maximum absolute atomic E-state index is 4.21. The van der Waals surface area contributed by atoms with Gasteiger partial charge in [0.25, 0.3) is 0 Å². The zero-order chi connectivity index (χ0) is 73.5. The minimum Gasteiger partial charge on any atom is -0.264 e. The lowest BCUT2D eigenvalue weighted by Gasteiger charge is -2.17. The predicted octanol–water partition coefficient (Wildman–Crippen LogP) is 17.1. The summed E-state index contributed by atoms with van der Waals surface area (Å²) >= 11 is 0. The molecule has 3 aromatic carbocycles. The molecule has 9 aromatic heterocycles. The summed E-state index contributed by atoms with van der Waals surface area (Å²) in [6.45, 7) is 59.4. The van der Waals surface area contributed by atoms with Crippen LogP contribution < -0.4 is 23.4 Å². The van der Waals surface area contributed by atoms with E-state index in [1.54, 1.807) is 62.9 Å². The van der Waals surface area contributed by atoms with Gasteiger partial charge in [-0.1, -0.05) is 175 Å². The molecule has 0 spiro atoms. The van der Waals surface area contributed by atoms with Crippen LogP contribution in [0.3, 0.4) is 0 Å². The highest BCUT2D eigenvalue weighted by Crippen LogP contribution is 2.37. The fourth-order valence-electron chi connectivity index (χ4n) is 9.26. The van der Waals surface area contributed by atoms with E-state index >= 15 is 0 Å². The van der Waals surface area contributed by atoms with Crippen LogP contribution in [0.15, 0.2) is 161 Å². The van der Waals surface area contributed by atoms with Gasteiger partial charge in [-0.15, -0.1) is 27.9 Å². The number of nitrogens with zero attached hydrogens (tertiary/aromatic N) is 17. The summed E-state index contributed by atoms with van der Waals surface area (Å²) in [4.78, 5) is 28.5. The van der Waals surface area contributed by atoms with Crippen LogP contribution in [-0.2, 0) is 35.2 Å². The molecule has 12 aromatic rings. The number of benzene rings is 3. The Hall–Kier alpha value is -9.12. The van der Waals surface area contributed by atoms with Crippen LogP contribution in [0.5, 0.6) is 0 Å². The van der Waals surface area contributed by atoms with E-state index in [0.29, 0.717) is 0 Å². The van der Waals surface area contributed by atoms with E-state index in [1.165, 1.54) is 71.8 Å². The third kappa shape index (κ3) is 24.6. The van der Waals surface area contributed by atoms with Crippen molar-refractivity contribution >= 4 is 27.2 Å². The molecule has 17 heteroatoms. The fraction of sp³-hybridized carbons (Fsp3) is 0.436. The Labute approximate surface area is 575 Å². The van der Waals surface area contributed by atoms with Crippen molar-refractivity contribution in [1.82, 2.24) is 58.1 Å². The monoisotopic (exact) mass is 1300 g/mol. The summed E-state index contributed by atoms with van der Waals surface area (Å²) < 4.78 is 20.1. The van der Waals surface area contributed by atoms with E-state index in [-0.39, 0.29) is 0 Å². The van der Waals surface area contributed by atoms with Crippen LogP contribution in [0.1, 0.15) is 189 Å². The molecule has 0 radical (unpaired) electrons. The van der Waals surface area contributed by atoms with Gasteiger partial charge >= 0.3 is 25.3 Å². The van der Waals surface area contributed by atoms with Gasteiger partial charge in [0.15, 0.2) is 13.2 Å². The lowest BCUT2D eigenvalue weighted by molar-refractivity contribution is -0.745. The summed E-state index contributed by atoms with van der Waals surface area (Å²) in [7, 11) is 9.93. The molecule has 17 nitrogen and oxygen atoms in total. The van der Waals surface area contributed by atoms with Gasteiger partial charge < -0.3 is 0 Å². The number of aromatic nitrogens is 17. The topological polar surface area (TPSA) is 134 Å². The molecule has 0 aliphatic carbocycles. The van der Waals surface area contributed by atoms with Crippen molar-refractivity contribution in [1.29, 1.82) is 0 Å². The second kappa shape index (κ2) is 51.3. The van der Waals surface area contributed by atoms with Crippen molar-refractivity contribution in [2.75, 3.05) is 0 Å². The van der Waals surface area contributed by atoms with Crippen molar-refractivity contribution in [2.24, 2.45) is 35.2 Å². The highest BCUT2D eigenvalue weighted by Gasteiger charge is 2.21. The molecule has 12 rings (SSSR count). The number of pyridine rings is 4. The lowest BCUT2D eigenvalue weighted by atomic mass is 9.89. The molecule has 95 heavy (non-hydrogen) atoms. The van der Waals surface area contributed by atoms with Gasteiger partial charge in [0, 0.05) is 41.6 Å². The van der Waals surface area contributed by atoms with Gasteiger partial charge in [-0.3, -0.25) is 15.0 Å². The third-order valence-corrected chi connectivity index (χ3v) is 13.7. The Kier molecular flexibility index (Phi) is 48.7. The normalized spacial score (nSPS) is 9.16. The zero-order valence-electron chi connectivity index (χ0n) is 65.6. The number of fused-ring (bicyclic) bond motifs is 6. The van der Waals surface area contributed by atoms with Crippen LogP contribution in [0.4, 0.5) is 0 Å². The second-order valence-electron chi connectivity index (χ2n) is 18.7. The van der Waals surface area contributed by atoms with Gasteiger partial charge in [-0.2, -0.15) is 18.7 Å². The largest absolute Gasteiger partial charge is 0.306 e. The summed E-state index contributed by atoms with van der Waals surface area (Å²) in [6.07, 6.45) is 25.4. The highest BCUT2D eigenvalue weighted by molar-refractivity contribution is 6.16. The quantitative estimate of drug-likeness (QED) is 0.127. The molecular formula is C78H128N17+5. The van der Waals surface area contributed by atoms with Gasteiger partial charge in [0.05, 0.1) is 23.3 Å². The van der Waals surface area contributed by atoms with Crippen molar-refractivity contribution in [3.63, 3.8) is 0 Å². The van der Waals surface area contributed by atoms with E-state index in [1.807, 2.05) is 273 Å². The Morgan fingerprint density at radius 2 is 0.695 bits per heavy atom. The maximum atomic E-state index is 4.21. The van der Waals surface area contributed by atoms with E-state index < -0.39 is 0 Å². The minimum atomic E-state index is 0.996. The Morgan fingerprint density at radius 1 is 0.305 bits per heavy atom. The molecule has 0 saturated heterocycles. The Balaban J connectivity index is -0.00000106. The van der Waals surface area contributed by atoms with Gasteiger partial charge in [0.2, 0.25) is 25.3 Å². The molecular weight excluding hydrogens is 1170 g/mol. The average molecular weight is 1300 g/mol. The molecule has 0 fully saturated rings. The van der Waals surface area contributed by atoms with E-state index in [2.05, 4.69) is 142 Å². The fourth-order valence-corrected chi connectivity index (χ4v) is 9.26. The molecule has 0 atom stereocenters. The highest BCUT2D eigenvalue weighted by atomic mass is 15.4. The summed E-state index contributed by atoms with van der Waals surface area (Å²) in [5.74, 6) is 0. The number of hydrogen-bond donors (Lipinski definition) is 0. The number of aryl methyl sites for hydroxylation is 12. The molecule has 9 heterocycles.